The lowest BCUT2D eigenvalue weighted by Crippen LogP contribution is -2.31. The van der Waals surface area contributed by atoms with Gasteiger partial charge in [0, 0.05) is 18.5 Å². The number of carbonyl (C=O) groups is 1. The summed E-state index contributed by atoms with van der Waals surface area (Å²) >= 11 is 0. The Morgan fingerprint density at radius 2 is 1.88 bits per heavy atom. The molecular formula is C19H20N4O. The predicted molar refractivity (Wildman–Crippen MR) is 95.5 cm³/mol. The molecule has 122 valence electrons. The lowest BCUT2D eigenvalue weighted by atomic mass is 10.1. The van der Waals surface area contributed by atoms with Crippen LogP contribution in [0.3, 0.4) is 0 Å². The summed E-state index contributed by atoms with van der Waals surface area (Å²) in [6.07, 6.45) is 0. The van der Waals surface area contributed by atoms with E-state index in [0.29, 0.717) is 24.3 Å². The number of fused-ring (bicyclic) bond motifs is 1. The molecule has 3 aromatic rings. The SMILES string of the molecule is CCN(Cc1ccccc1)C(=O)c1nc(N)nc2ccc(C)cc12. The van der Waals surface area contributed by atoms with Crippen molar-refractivity contribution in [2.24, 2.45) is 0 Å². The third-order valence-corrected chi connectivity index (χ3v) is 3.96. The van der Waals surface area contributed by atoms with Crippen molar-refractivity contribution in [3.8, 4) is 0 Å². The largest absolute Gasteiger partial charge is 0.368 e. The summed E-state index contributed by atoms with van der Waals surface area (Å²) in [6.45, 7) is 5.06. The molecule has 0 atom stereocenters. The Hall–Kier alpha value is -2.95. The van der Waals surface area contributed by atoms with E-state index in [9.17, 15) is 4.79 Å². The van der Waals surface area contributed by atoms with Crippen LogP contribution in [-0.2, 0) is 6.54 Å². The first-order valence-corrected chi connectivity index (χ1v) is 7.95. The van der Waals surface area contributed by atoms with E-state index < -0.39 is 0 Å². The summed E-state index contributed by atoms with van der Waals surface area (Å²) in [4.78, 5) is 23.3. The number of benzene rings is 2. The molecule has 0 aliphatic carbocycles. The molecule has 0 saturated heterocycles. The van der Waals surface area contributed by atoms with E-state index in [4.69, 9.17) is 5.73 Å². The Morgan fingerprint density at radius 3 is 2.58 bits per heavy atom. The molecule has 1 heterocycles. The van der Waals surface area contributed by atoms with Gasteiger partial charge in [-0.15, -0.1) is 0 Å². The van der Waals surface area contributed by atoms with Gasteiger partial charge in [0.2, 0.25) is 5.95 Å². The summed E-state index contributed by atoms with van der Waals surface area (Å²) in [6, 6.07) is 15.7. The van der Waals surface area contributed by atoms with Crippen LogP contribution in [-0.4, -0.2) is 27.3 Å². The van der Waals surface area contributed by atoms with Crippen molar-refractivity contribution in [2.75, 3.05) is 12.3 Å². The van der Waals surface area contributed by atoms with Crippen LogP contribution in [0.15, 0.2) is 48.5 Å². The second-order valence-corrected chi connectivity index (χ2v) is 5.76. The molecule has 3 rings (SSSR count). The molecule has 5 nitrogen and oxygen atoms in total. The van der Waals surface area contributed by atoms with Crippen LogP contribution in [0.25, 0.3) is 10.9 Å². The van der Waals surface area contributed by atoms with Gasteiger partial charge in [-0.05, 0) is 31.5 Å². The molecule has 0 aliphatic rings. The summed E-state index contributed by atoms with van der Waals surface area (Å²) in [7, 11) is 0. The number of carbonyl (C=O) groups excluding carboxylic acids is 1. The fourth-order valence-electron chi connectivity index (χ4n) is 2.70. The molecule has 0 unspecified atom stereocenters. The molecule has 0 saturated carbocycles. The Bertz CT molecular complexity index is 877. The third-order valence-electron chi connectivity index (χ3n) is 3.96. The number of nitrogens with zero attached hydrogens (tertiary/aromatic N) is 3. The molecule has 2 N–H and O–H groups in total. The van der Waals surface area contributed by atoms with E-state index in [2.05, 4.69) is 9.97 Å². The molecule has 24 heavy (non-hydrogen) atoms. The first-order chi connectivity index (χ1) is 11.6. The van der Waals surface area contributed by atoms with Gasteiger partial charge in [-0.1, -0.05) is 42.0 Å². The number of nitrogen functional groups attached to an aromatic ring is 1. The van der Waals surface area contributed by atoms with E-state index in [0.717, 1.165) is 16.5 Å². The minimum absolute atomic E-state index is 0.116. The Labute approximate surface area is 141 Å². The van der Waals surface area contributed by atoms with Gasteiger partial charge in [-0.3, -0.25) is 4.79 Å². The van der Waals surface area contributed by atoms with Gasteiger partial charge in [0.05, 0.1) is 5.52 Å². The molecule has 1 aromatic heterocycles. The van der Waals surface area contributed by atoms with Crippen LogP contribution >= 0.6 is 0 Å². The molecule has 0 bridgehead atoms. The van der Waals surface area contributed by atoms with E-state index in [1.54, 1.807) is 4.90 Å². The lowest BCUT2D eigenvalue weighted by molar-refractivity contribution is 0.0749. The number of anilines is 1. The van der Waals surface area contributed by atoms with Crippen molar-refractivity contribution in [2.45, 2.75) is 20.4 Å². The first-order valence-electron chi connectivity index (χ1n) is 7.95. The molecule has 5 heteroatoms. The van der Waals surface area contributed by atoms with Gasteiger partial charge in [-0.25, -0.2) is 9.97 Å². The number of hydrogen-bond acceptors (Lipinski definition) is 4. The smallest absolute Gasteiger partial charge is 0.273 e. The second kappa shape index (κ2) is 6.66. The Kier molecular flexibility index (Phi) is 4.42. The average Bonchev–Trinajstić information content (AvgIpc) is 2.59. The number of hydrogen-bond donors (Lipinski definition) is 1. The lowest BCUT2D eigenvalue weighted by Gasteiger charge is -2.21. The zero-order valence-corrected chi connectivity index (χ0v) is 13.9. The van der Waals surface area contributed by atoms with Crippen molar-refractivity contribution in [3.05, 3.63) is 65.4 Å². The highest BCUT2D eigenvalue weighted by Gasteiger charge is 2.20. The summed E-state index contributed by atoms with van der Waals surface area (Å²) in [5, 5.41) is 0.737. The number of nitrogens with two attached hydrogens (primary N) is 1. The molecular weight excluding hydrogens is 300 g/mol. The summed E-state index contributed by atoms with van der Waals surface area (Å²) in [5.74, 6) is -0.0171. The van der Waals surface area contributed by atoms with Crippen molar-refractivity contribution < 1.29 is 4.79 Å². The molecule has 0 aliphatic heterocycles. The molecule has 0 spiro atoms. The highest BCUT2D eigenvalue weighted by atomic mass is 16.2. The quantitative estimate of drug-likeness (QED) is 0.801. The van der Waals surface area contributed by atoms with E-state index in [1.807, 2.05) is 62.4 Å². The number of aryl methyl sites for hydroxylation is 1. The maximum Gasteiger partial charge on any atom is 0.273 e. The predicted octanol–water partition coefficient (Wildman–Crippen LogP) is 3.18. The Morgan fingerprint density at radius 1 is 1.12 bits per heavy atom. The topological polar surface area (TPSA) is 72.1 Å². The fraction of sp³-hybridized carbons (Fsp3) is 0.211. The average molecular weight is 320 g/mol. The van der Waals surface area contributed by atoms with Gasteiger partial charge >= 0.3 is 0 Å². The highest BCUT2D eigenvalue weighted by Crippen LogP contribution is 2.20. The third kappa shape index (κ3) is 3.20. The summed E-state index contributed by atoms with van der Waals surface area (Å²) in [5.41, 5.74) is 8.98. The minimum Gasteiger partial charge on any atom is -0.368 e. The van der Waals surface area contributed by atoms with Gasteiger partial charge < -0.3 is 10.6 Å². The van der Waals surface area contributed by atoms with Crippen molar-refractivity contribution in [3.63, 3.8) is 0 Å². The molecule has 2 aromatic carbocycles. The summed E-state index contributed by atoms with van der Waals surface area (Å²) < 4.78 is 0. The normalized spacial score (nSPS) is 10.8. The monoisotopic (exact) mass is 320 g/mol. The molecule has 1 amide bonds. The van der Waals surface area contributed by atoms with Crippen molar-refractivity contribution in [1.29, 1.82) is 0 Å². The van der Waals surface area contributed by atoms with Crippen molar-refractivity contribution in [1.82, 2.24) is 14.9 Å². The number of rotatable bonds is 4. The van der Waals surface area contributed by atoms with Crippen LogP contribution in [0.1, 0.15) is 28.5 Å². The highest BCUT2D eigenvalue weighted by molar-refractivity contribution is 6.04. The number of aromatic nitrogens is 2. The van der Waals surface area contributed by atoms with Crippen LogP contribution in [0.4, 0.5) is 5.95 Å². The van der Waals surface area contributed by atoms with Crippen LogP contribution in [0.2, 0.25) is 0 Å². The van der Waals surface area contributed by atoms with Crippen molar-refractivity contribution >= 4 is 22.8 Å². The van der Waals surface area contributed by atoms with Gasteiger partial charge in [0.25, 0.3) is 5.91 Å². The van der Waals surface area contributed by atoms with Gasteiger partial charge in [0.15, 0.2) is 0 Å². The van der Waals surface area contributed by atoms with Crippen LogP contribution in [0, 0.1) is 6.92 Å². The first kappa shape index (κ1) is 15.9. The maximum atomic E-state index is 13.0. The van der Waals surface area contributed by atoms with Gasteiger partial charge in [-0.2, -0.15) is 0 Å². The van der Waals surface area contributed by atoms with Crippen LogP contribution < -0.4 is 5.73 Å². The van der Waals surface area contributed by atoms with Gasteiger partial charge in [0.1, 0.15) is 5.69 Å². The zero-order valence-electron chi connectivity index (χ0n) is 13.9. The zero-order chi connectivity index (χ0) is 17.1. The fourth-order valence-corrected chi connectivity index (χ4v) is 2.70. The van der Waals surface area contributed by atoms with Crippen LogP contribution in [0.5, 0.6) is 0 Å². The maximum absolute atomic E-state index is 13.0. The number of amides is 1. The molecule has 0 fully saturated rings. The minimum atomic E-state index is -0.133. The van der Waals surface area contributed by atoms with E-state index >= 15 is 0 Å². The Balaban J connectivity index is 2.01. The standard InChI is InChI=1S/C19H20N4O/c1-3-23(12-14-7-5-4-6-8-14)18(24)17-15-11-13(2)9-10-16(15)21-19(20)22-17/h4-11H,3,12H2,1-2H3,(H2,20,21,22). The van der Waals surface area contributed by atoms with E-state index in [1.165, 1.54) is 0 Å². The second-order valence-electron chi connectivity index (χ2n) is 5.76. The molecule has 0 radical (unpaired) electrons. The van der Waals surface area contributed by atoms with E-state index in [-0.39, 0.29) is 11.9 Å².